The smallest absolute Gasteiger partial charge is 0.118 e. The first-order valence-electron chi connectivity index (χ1n) is 9.49. The SMILES string of the molecule is COc1ccc([C@H](C)NC2CCN([C@@H]3CCCC[C@@H]3O)CC2)cc1. The highest BCUT2D eigenvalue weighted by Crippen LogP contribution is 2.26. The van der Waals surface area contributed by atoms with Crippen LogP contribution in [0.2, 0.25) is 0 Å². The molecular formula is C20H32N2O2. The number of nitrogens with one attached hydrogen (secondary N) is 1. The maximum absolute atomic E-state index is 10.3. The van der Waals surface area contributed by atoms with Crippen LogP contribution < -0.4 is 10.1 Å². The number of piperidine rings is 1. The highest BCUT2D eigenvalue weighted by atomic mass is 16.5. The Bertz CT molecular complexity index is 497. The van der Waals surface area contributed by atoms with Crippen molar-refractivity contribution in [3.05, 3.63) is 29.8 Å². The Morgan fingerprint density at radius 1 is 1.08 bits per heavy atom. The molecule has 1 aromatic rings. The fourth-order valence-corrected chi connectivity index (χ4v) is 4.26. The number of nitrogens with zero attached hydrogens (tertiary/aromatic N) is 1. The van der Waals surface area contributed by atoms with E-state index in [2.05, 4.69) is 29.3 Å². The van der Waals surface area contributed by atoms with Gasteiger partial charge in [0.1, 0.15) is 5.75 Å². The summed E-state index contributed by atoms with van der Waals surface area (Å²) in [4.78, 5) is 2.53. The van der Waals surface area contributed by atoms with Gasteiger partial charge in [0.05, 0.1) is 13.2 Å². The van der Waals surface area contributed by atoms with Gasteiger partial charge in [0.15, 0.2) is 0 Å². The van der Waals surface area contributed by atoms with Crippen LogP contribution in [0, 0.1) is 0 Å². The van der Waals surface area contributed by atoms with Crippen LogP contribution in [-0.4, -0.2) is 48.4 Å². The third-order valence-electron chi connectivity index (χ3n) is 5.79. The number of methoxy groups -OCH3 is 1. The summed E-state index contributed by atoms with van der Waals surface area (Å²) in [5.41, 5.74) is 1.31. The molecule has 1 saturated heterocycles. The molecule has 4 heteroatoms. The van der Waals surface area contributed by atoms with E-state index in [1.165, 1.54) is 37.7 Å². The fourth-order valence-electron chi connectivity index (χ4n) is 4.26. The number of hydrogen-bond acceptors (Lipinski definition) is 4. The summed E-state index contributed by atoms with van der Waals surface area (Å²) in [5, 5.41) is 14.0. The molecule has 0 aromatic heterocycles. The van der Waals surface area contributed by atoms with E-state index in [1.807, 2.05) is 12.1 Å². The summed E-state index contributed by atoms with van der Waals surface area (Å²) in [6.45, 7) is 4.45. The summed E-state index contributed by atoms with van der Waals surface area (Å²) in [6.07, 6.45) is 6.84. The lowest BCUT2D eigenvalue weighted by Gasteiger charge is -2.42. The number of likely N-dealkylation sites (tertiary alicyclic amines) is 1. The van der Waals surface area contributed by atoms with Gasteiger partial charge in [-0.3, -0.25) is 4.90 Å². The van der Waals surface area contributed by atoms with E-state index in [4.69, 9.17) is 4.74 Å². The van der Waals surface area contributed by atoms with Crippen LogP contribution in [0.1, 0.15) is 57.1 Å². The molecule has 2 fully saturated rings. The second-order valence-corrected chi connectivity index (χ2v) is 7.39. The number of aliphatic hydroxyl groups excluding tert-OH is 1. The third kappa shape index (κ3) is 4.29. The van der Waals surface area contributed by atoms with Crippen LogP contribution in [0.15, 0.2) is 24.3 Å². The summed E-state index contributed by atoms with van der Waals surface area (Å²) in [5.74, 6) is 0.908. The van der Waals surface area contributed by atoms with Gasteiger partial charge in [0, 0.05) is 31.2 Å². The third-order valence-corrected chi connectivity index (χ3v) is 5.79. The predicted molar refractivity (Wildman–Crippen MR) is 97.4 cm³/mol. The van der Waals surface area contributed by atoms with E-state index < -0.39 is 0 Å². The molecule has 1 saturated carbocycles. The average molecular weight is 332 g/mol. The van der Waals surface area contributed by atoms with Gasteiger partial charge in [-0.05, 0) is 50.3 Å². The second-order valence-electron chi connectivity index (χ2n) is 7.39. The van der Waals surface area contributed by atoms with E-state index in [0.717, 1.165) is 25.3 Å². The molecule has 1 aliphatic heterocycles. The standard InChI is InChI=1S/C20H32N2O2/c1-15(16-7-9-18(24-2)10-8-16)21-17-11-13-22(14-12-17)19-5-3-4-6-20(19)23/h7-10,15,17,19-21,23H,3-6,11-14H2,1-2H3/t15-,19+,20-/m0/s1. The van der Waals surface area contributed by atoms with Crippen molar-refractivity contribution in [3.8, 4) is 5.75 Å². The van der Waals surface area contributed by atoms with Gasteiger partial charge >= 0.3 is 0 Å². The topological polar surface area (TPSA) is 44.7 Å². The molecule has 0 spiro atoms. The van der Waals surface area contributed by atoms with E-state index in [-0.39, 0.29) is 6.10 Å². The minimum atomic E-state index is -0.110. The molecule has 0 bridgehead atoms. The van der Waals surface area contributed by atoms with Gasteiger partial charge in [0.25, 0.3) is 0 Å². The Balaban J connectivity index is 1.47. The number of rotatable bonds is 5. The first kappa shape index (κ1) is 17.7. The molecule has 24 heavy (non-hydrogen) atoms. The molecular weight excluding hydrogens is 300 g/mol. The first-order chi connectivity index (χ1) is 11.7. The van der Waals surface area contributed by atoms with Gasteiger partial charge in [0.2, 0.25) is 0 Å². The van der Waals surface area contributed by atoms with Crippen molar-refractivity contribution in [3.63, 3.8) is 0 Å². The Labute approximate surface area is 146 Å². The van der Waals surface area contributed by atoms with Gasteiger partial charge in [-0.15, -0.1) is 0 Å². The number of ether oxygens (including phenoxy) is 1. The maximum atomic E-state index is 10.3. The average Bonchev–Trinajstić information content (AvgIpc) is 2.63. The lowest BCUT2D eigenvalue weighted by molar-refractivity contribution is 0.00671. The molecule has 2 aliphatic rings. The molecule has 2 N–H and O–H groups in total. The molecule has 0 unspecified atom stereocenters. The molecule has 3 rings (SSSR count). The Kier molecular flexibility index (Phi) is 6.14. The molecule has 0 amide bonds. The van der Waals surface area contributed by atoms with Crippen LogP contribution >= 0.6 is 0 Å². The Hall–Kier alpha value is -1.10. The first-order valence-corrected chi connectivity index (χ1v) is 9.49. The second kappa shape index (κ2) is 8.32. The van der Waals surface area contributed by atoms with Gasteiger partial charge < -0.3 is 15.2 Å². The van der Waals surface area contributed by atoms with E-state index in [1.54, 1.807) is 7.11 Å². The van der Waals surface area contributed by atoms with E-state index in [9.17, 15) is 5.11 Å². The number of aliphatic hydroxyl groups is 1. The molecule has 4 nitrogen and oxygen atoms in total. The molecule has 0 radical (unpaired) electrons. The Morgan fingerprint density at radius 3 is 2.38 bits per heavy atom. The fraction of sp³-hybridized carbons (Fsp3) is 0.700. The summed E-state index contributed by atoms with van der Waals surface area (Å²) in [7, 11) is 1.70. The highest BCUT2D eigenvalue weighted by Gasteiger charge is 2.31. The summed E-state index contributed by atoms with van der Waals surface area (Å²) < 4.78 is 5.23. The van der Waals surface area contributed by atoms with Crippen LogP contribution in [0.25, 0.3) is 0 Å². The maximum Gasteiger partial charge on any atom is 0.118 e. The number of benzene rings is 1. The quantitative estimate of drug-likeness (QED) is 0.870. The van der Waals surface area contributed by atoms with Gasteiger partial charge in [-0.1, -0.05) is 25.0 Å². The van der Waals surface area contributed by atoms with Crippen molar-refractivity contribution in [2.75, 3.05) is 20.2 Å². The lowest BCUT2D eigenvalue weighted by Crippen LogP contribution is -2.51. The zero-order chi connectivity index (χ0) is 16.9. The van der Waals surface area contributed by atoms with Gasteiger partial charge in [-0.2, -0.15) is 0 Å². The van der Waals surface area contributed by atoms with Crippen LogP contribution in [0.3, 0.4) is 0 Å². The minimum absolute atomic E-state index is 0.110. The van der Waals surface area contributed by atoms with Gasteiger partial charge in [-0.25, -0.2) is 0 Å². The van der Waals surface area contributed by atoms with Crippen molar-refractivity contribution in [1.29, 1.82) is 0 Å². The van der Waals surface area contributed by atoms with Crippen molar-refractivity contribution >= 4 is 0 Å². The van der Waals surface area contributed by atoms with Crippen molar-refractivity contribution < 1.29 is 9.84 Å². The van der Waals surface area contributed by atoms with Crippen molar-refractivity contribution in [2.24, 2.45) is 0 Å². The molecule has 134 valence electrons. The van der Waals surface area contributed by atoms with Crippen LogP contribution in [0.4, 0.5) is 0 Å². The zero-order valence-electron chi connectivity index (χ0n) is 15.1. The van der Waals surface area contributed by atoms with Crippen molar-refractivity contribution in [1.82, 2.24) is 10.2 Å². The monoisotopic (exact) mass is 332 g/mol. The summed E-state index contributed by atoms with van der Waals surface area (Å²) >= 11 is 0. The molecule has 3 atom stereocenters. The lowest BCUT2D eigenvalue weighted by atomic mass is 9.89. The normalized spacial score (nSPS) is 27.8. The predicted octanol–water partition coefficient (Wildman–Crippen LogP) is 3.11. The van der Waals surface area contributed by atoms with Crippen LogP contribution in [-0.2, 0) is 0 Å². The Morgan fingerprint density at radius 2 is 1.75 bits per heavy atom. The highest BCUT2D eigenvalue weighted by molar-refractivity contribution is 5.28. The molecule has 1 aromatic carbocycles. The van der Waals surface area contributed by atoms with E-state index >= 15 is 0 Å². The minimum Gasteiger partial charge on any atom is -0.497 e. The molecule has 1 aliphatic carbocycles. The molecule has 1 heterocycles. The summed E-state index contributed by atoms with van der Waals surface area (Å²) in [6, 6.07) is 9.67. The van der Waals surface area contributed by atoms with Crippen molar-refractivity contribution in [2.45, 2.75) is 69.7 Å². The van der Waals surface area contributed by atoms with E-state index in [0.29, 0.717) is 18.1 Å². The zero-order valence-corrected chi connectivity index (χ0v) is 15.1. The number of hydrogen-bond donors (Lipinski definition) is 2. The van der Waals surface area contributed by atoms with Crippen LogP contribution in [0.5, 0.6) is 5.75 Å². The largest absolute Gasteiger partial charge is 0.497 e.